The first-order chi connectivity index (χ1) is 10.1. The number of hydrogen-bond donors (Lipinski definition) is 1. The van der Waals surface area contributed by atoms with Gasteiger partial charge in [0.15, 0.2) is 0 Å². The molecule has 0 amide bonds. The van der Waals surface area contributed by atoms with Crippen molar-refractivity contribution in [2.45, 2.75) is 18.7 Å². The van der Waals surface area contributed by atoms with E-state index in [4.69, 9.17) is 28.3 Å². The van der Waals surface area contributed by atoms with Crippen molar-refractivity contribution in [2.24, 2.45) is 0 Å². The second-order valence-corrected chi connectivity index (χ2v) is 7.02. The summed E-state index contributed by atoms with van der Waals surface area (Å²) in [4.78, 5) is 4.62. The van der Waals surface area contributed by atoms with E-state index < -0.39 is 0 Å². The topological polar surface area (TPSA) is 26.7 Å². The molecule has 0 aromatic heterocycles. The van der Waals surface area contributed by atoms with Gasteiger partial charge in [-0.05, 0) is 40.0 Å². The van der Waals surface area contributed by atoms with Crippen molar-refractivity contribution >= 4 is 44.8 Å². The fourth-order valence-corrected chi connectivity index (χ4v) is 3.53. The normalized spacial score (nSPS) is 18.0. The fourth-order valence-electron chi connectivity index (χ4n) is 2.60. The zero-order chi connectivity index (χ0) is 15.4. The lowest BCUT2D eigenvalue weighted by Crippen LogP contribution is -2.47. The maximum atomic E-state index is 9.00. The van der Waals surface area contributed by atoms with Crippen LogP contribution in [0.15, 0.2) is 16.6 Å². The molecular formula is C15H21BrCl2N2O. The van der Waals surface area contributed by atoms with Crippen molar-refractivity contribution in [1.82, 2.24) is 4.90 Å². The summed E-state index contributed by atoms with van der Waals surface area (Å²) in [6, 6.07) is 4.17. The molecular weight excluding hydrogens is 375 g/mol. The number of benzene rings is 1. The Morgan fingerprint density at radius 3 is 2.52 bits per heavy atom. The van der Waals surface area contributed by atoms with Crippen LogP contribution >= 0.6 is 39.1 Å². The molecule has 0 aliphatic carbocycles. The lowest BCUT2D eigenvalue weighted by Gasteiger charge is -2.36. The number of halogens is 3. The summed E-state index contributed by atoms with van der Waals surface area (Å²) in [5.74, 6) is 0. The van der Waals surface area contributed by atoms with Crippen LogP contribution in [0.3, 0.4) is 0 Å². The van der Waals surface area contributed by atoms with Crippen LogP contribution in [0.4, 0.5) is 5.69 Å². The minimum Gasteiger partial charge on any atom is -0.395 e. The Balaban J connectivity index is 2.16. The molecule has 3 nitrogen and oxygen atoms in total. The van der Waals surface area contributed by atoms with Gasteiger partial charge in [-0.1, -0.05) is 18.5 Å². The smallest absolute Gasteiger partial charge is 0.0598 e. The summed E-state index contributed by atoms with van der Waals surface area (Å²) in [7, 11) is 0. The minimum atomic E-state index is -0.0653. The number of aliphatic hydroxyl groups is 1. The van der Waals surface area contributed by atoms with Crippen molar-refractivity contribution in [3.8, 4) is 0 Å². The lowest BCUT2D eigenvalue weighted by molar-refractivity contribution is 0.189. The molecule has 1 aliphatic heterocycles. The van der Waals surface area contributed by atoms with Crippen LogP contribution in [0, 0.1) is 0 Å². The van der Waals surface area contributed by atoms with Crippen LogP contribution in [0.5, 0.6) is 0 Å². The molecule has 0 saturated carbocycles. The van der Waals surface area contributed by atoms with Gasteiger partial charge >= 0.3 is 0 Å². The molecule has 0 bridgehead atoms. The van der Waals surface area contributed by atoms with Crippen LogP contribution in [0.25, 0.3) is 0 Å². The maximum absolute atomic E-state index is 9.00. The van der Waals surface area contributed by atoms with E-state index >= 15 is 0 Å². The Morgan fingerprint density at radius 2 is 1.95 bits per heavy atom. The molecule has 1 fully saturated rings. The van der Waals surface area contributed by atoms with Crippen LogP contribution < -0.4 is 4.90 Å². The number of anilines is 1. The summed E-state index contributed by atoms with van der Waals surface area (Å²) in [6.45, 7) is 6.87. The van der Waals surface area contributed by atoms with E-state index in [-0.39, 0.29) is 12.0 Å². The molecule has 2 rings (SSSR count). The molecule has 1 aromatic carbocycles. The van der Waals surface area contributed by atoms with E-state index in [9.17, 15) is 0 Å². The quantitative estimate of drug-likeness (QED) is 0.765. The molecule has 118 valence electrons. The Labute approximate surface area is 144 Å². The standard InChI is InChI=1S/C15H21BrCl2N2O/c1-2-14(17)12-9-11(10-13(16)15(12)18)20-5-3-19(4-6-20)7-8-21/h9-10,14,21H,2-8H2,1H3. The highest BCUT2D eigenvalue weighted by molar-refractivity contribution is 9.10. The highest BCUT2D eigenvalue weighted by Crippen LogP contribution is 2.38. The molecule has 1 atom stereocenters. The van der Waals surface area contributed by atoms with E-state index in [0.717, 1.165) is 54.9 Å². The number of alkyl halides is 1. The summed E-state index contributed by atoms with van der Waals surface area (Å²) >= 11 is 16.3. The molecule has 1 unspecified atom stereocenters. The fraction of sp³-hybridized carbons (Fsp3) is 0.600. The summed E-state index contributed by atoms with van der Waals surface area (Å²) in [5.41, 5.74) is 2.15. The number of piperazine rings is 1. The lowest BCUT2D eigenvalue weighted by atomic mass is 10.1. The van der Waals surface area contributed by atoms with Crippen LogP contribution in [-0.2, 0) is 0 Å². The van der Waals surface area contributed by atoms with Crippen molar-refractivity contribution in [3.05, 3.63) is 27.2 Å². The largest absolute Gasteiger partial charge is 0.395 e. The van der Waals surface area contributed by atoms with E-state index in [1.54, 1.807) is 0 Å². The zero-order valence-corrected chi connectivity index (χ0v) is 15.3. The Hall–Kier alpha value is -0.0000000000000000555. The maximum Gasteiger partial charge on any atom is 0.0598 e. The minimum absolute atomic E-state index is 0.0653. The molecule has 1 N–H and O–H groups in total. The molecule has 1 heterocycles. The molecule has 0 radical (unpaired) electrons. The molecule has 1 saturated heterocycles. The number of hydrogen-bond acceptors (Lipinski definition) is 3. The van der Waals surface area contributed by atoms with Gasteiger partial charge in [0.25, 0.3) is 0 Å². The molecule has 1 aliphatic rings. The van der Waals surface area contributed by atoms with Gasteiger partial charge in [0.1, 0.15) is 0 Å². The highest BCUT2D eigenvalue weighted by atomic mass is 79.9. The van der Waals surface area contributed by atoms with E-state index in [0.29, 0.717) is 5.02 Å². The summed E-state index contributed by atoms with van der Waals surface area (Å²) in [6.07, 6.45) is 0.849. The first-order valence-electron chi connectivity index (χ1n) is 7.28. The predicted molar refractivity (Wildman–Crippen MR) is 93.8 cm³/mol. The van der Waals surface area contributed by atoms with Crippen molar-refractivity contribution in [3.63, 3.8) is 0 Å². The molecule has 21 heavy (non-hydrogen) atoms. The van der Waals surface area contributed by atoms with Gasteiger partial charge in [0, 0.05) is 42.9 Å². The summed E-state index contributed by atoms with van der Waals surface area (Å²) in [5, 5.41) is 9.64. The van der Waals surface area contributed by atoms with E-state index in [2.05, 4.69) is 44.8 Å². The van der Waals surface area contributed by atoms with Gasteiger partial charge in [-0.25, -0.2) is 0 Å². The Morgan fingerprint density at radius 1 is 1.29 bits per heavy atom. The number of aliphatic hydroxyl groups excluding tert-OH is 1. The average molecular weight is 396 g/mol. The second-order valence-electron chi connectivity index (χ2n) is 5.26. The van der Waals surface area contributed by atoms with Gasteiger partial charge in [0.2, 0.25) is 0 Å². The Bertz CT molecular complexity index is 479. The second kappa shape index (κ2) is 8.02. The SMILES string of the molecule is CCC(Cl)c1cc(N2CCN(CCO)CC2)cc(Br)c1Cl. The van der Waals surface area contributed by atoms with Crippen molar-refractivity contribution in [2.75, 3.05) is 44.2 Å². The average Bonchev–Trinajstić information content (AvgIpc) is 2.50. The van der Waals surface area contributed by atoms with Gasteiger partial charge in [0.05, 0.1) is 17.0 Å². The van der Waals surface area contributed by atoms with Gasteiger partial charge in [-0.2, -0.15) is 0 Å². The van der Waals surface area contributed by atoms with Gasteiger partial charge in [-0.3, -0.25) is 4.90 Å². The number of nitrogens with zero attached hydrogens (tertiary/aromatic N) is 2. The number of rotatable bonds is 5. The monoisotopic (exact) mass is 394 g/mol. The first-order valence-corrected chi connectivity index (χ1v) is 8.88. The first kappa shape index (κ1) is 17.4. The van der Waals surface area contributed by atoms with Gasteiger partial charge in [-0.15, -0.1) is 11.6 Å². The number of β-amino-alcohol motifs (C(OH)–C–C–N with tert-alkyl or cyclic N) is 1. The Kier molecular flexibility index (Phi) is 6.63. The van der Waals surface area contributed by atoms with Crippen LogP contribution in [-0.4, -0.2) is 49.3 Å². The molecule has 1 aromatic rings. The van der Waals surface area contributed by atoms with Gasteiger partial charge < -0.3 is 10.0 Å². The third-order valence-corrected chi connectivity index (χ3v) is 5.71. The van der Waals surface area contributed by atoms with E-state index in [1.165, 1.54) is 0 Å². The third-order valence-electron chi connectivity index (χ3n) is 3.89. The highest BCUT2D eigenvalue weighted by Gasteiger charge is 2.20. The molecule has 0 spiro atoms. The molecule has 6 heteroatoms. The van der Waals surface area contributed by atoms with Crippen molar-refractivity contribution < 1.29 is 5.11 Å². The van der Waals surface area contributed by atoms with E-state index in [1.807, 2.05) is 0 Å². The van der Waals surface area contributed by atoms with Crippen LogP contribution in [0.1, 0.15) is 24.3 Å². The van der Waals surface area contributed by atoms with Crippen molar-refractivity contribution in [1.29, 1.82) is 0 Å². The van der Waals surface area contributed by atoms with Crippen LogP contribution in [0.2, 0.25) is 5.02 Å². The third kappa shape index (κ3) is 4.26. The predicted octanol–water partition coefficient (Wildman–Crippen LogP) is 3.91. The zero-order valence-electron chi connectivity index (χ0n) is 12.2. The summed E-state index contributed by atoms with van der Waals surface area (Å²) < 4.78 is 0.897.